The number of carbonyl (C=O) groups excluding carboxylic acids is 1. The van der Waals surface area contributed by atoms with Crippen molar-refractivity contribution in [1.82, 2.24) is 5.32 Å². The van der Waals surface area contributed by atoms with E-state index < -0.39 is 113 Å². The largest absolute Gasteiger partial charge is 0.445 e. The van der Waals surface area contributed by atoms with Crippen LogP contribution in [0.2, 0.25) is 0 Å². The monoisotopic (exact) mass is 1230 g/mol. The number of azide groups is 3. The van der Waals surface area contributed by atoms with Crippen LogP contribution in [0.1, 0.15) is 68.7 Å². The molecule has 8 unspecified atom stereocenters. The van der Waals surface area contributed by atoms with Gasteiger partial charge in [0.05, 0.1) is 76.1 Å². The van der Waals surface area contributed by atoms with Crippen LogP contribution in [0.5, 0.6) is 0 Å². The Labute approximate surface area is 500 Å². The quantitative estimate of drug-likeness (QED) is 0.0147. The second kappa shape index (κ2) is 34.6. The molecule has 26 nitrogen and oxygen atoms in total. The van der Waals surface area contributed by atoms with Gasteiger partial charge >= 0.3 is 21.3 Å². The second-order valence-electron chi connectivity index (χ2n) is 21.5. The van der Waals surface area contributed by atoms with Gasteiger partial charge in [-0.05, 0) is 69.4 Å². The molecular weight excluding hydrogens is 1150 g/mol. The molecule has 0 saturated carbocycles. The predicted octanol–water partition coefficient (Wildman–Crippen LogP) is 12.1. The molecule has 0 bridgehead atoms. The third-order valence-corrected chi connectivity index (χ3v) is 17.3. The van der Waals surface area contributed by atoms with Crippen LogP contribution in [-0.2, 0) is 91.5 Å². The summed E-state index contributed by atoms with van der Waals surface area (Å²) in [5, 5.41) is 26.0. The number of alkyl carbamates (subject to hydrolysis) is 1. The van der Waals surface area contributed by atoms with Gasteiger partial charge in [-0.1, -0.05) is 170 Å². The lowest BCUT2D eigenvalue weighted by molar-refractivity contribution is -0.256. The molecule has 0 spiro atoms. The summed E-state index contributed by atoms with van der Waals surface area (Å²) in [6.07, 6.45) is -8.40. The summed E-state index contributed by atoms with van der Waals surface area (Å²) >= 11 is 0. The number of carbonyl (C=O) groups is 1. The topological polar surface area (TPSA) is 341 Å². The van der Waals surface area contributed by atoms with Crippen molar-refractivity contribution < 1.29 is 75.0 Å². The minimum absolute atomic E-state index is 0.0808. The minimum atomic E-state index is -4.35. The van der Waals surface area contributed by atoms with Crippen LogP contribution in [-0.4, -0.2) is 131 Å². The zero-order chi connectivity index (χ0) is 61.3. The fourth-order valence-corrected chi connectivity index (χ4v) is 13.0. The van der Waals surface area contributed by atoms with E-state index in [-0.39, 0.29) is 52.9 Å². The number of nitrogens with zero attached hydrogens (tertiary/aromatic N) is 9. The third kappa shape index (κ3) is 20.9. The maximum Gasteiger partial charge on any atom is 0.407 e. The summed E-state index contributed by atoms with van der Waals surface area (Å²) < 4.78 is 104. The lowest BCUT2D eigenvalue weighted by Crippen LogP contribution is -2.56. The van der Waals surface area contributed by atoms with E-state index in [9.17, 15) is 31.1 Å². The molecule has 3 aliphatic rings. The van der Waals surface area contributed by atoms with Crippen molar-refractivity contribution in [3.63, 3.8) is 0 Å². The highest BCUT2D eigenvalue weighted by atomic mass is 31.2. The SMILES string of the molecule is C[C@@H]1C(N=[N+]=[N-])[C@@H](OP(C)(=O)O[C@@H]2C(COCc3ccccc3)O[C@H](OP(C)(=O)O[C@@H]3C(COCc4ccccc4)O[C@H](OCCCCCCNC(=O)OCc4ccccc4)C(N=[N+]=[N-])[C@H]3C)C(N=[N+]=[N-])[C@H]2C)OC(COCc2ccccc2)[C@H]1O. The van der Waals surface area contributed by atoms with Crippen molar-refractivity contribution in [1.29, 1.82) is 0 Å². The number of hydrogen-bond donors (Lipinski definition) is 2. The van der Waals surface area contributed by atoms with Crippen LogP contribution < -0.4 is 5.32 Å². The summed E-state index contributed by atoms with van der Waals surface area (Å²) in [5.74, 6) is -2.40. The standard InChI is InChI=1S/C58H78N10O16P2/c1-39-49(63-66-59)56(78-46(52(39)69)36-73-32-42-22-12-8-13-23-42)83-85(4,71)82-54-41(3)51(65-68-61)57(80-48(54)38-75-34-44-26-16-10-17-27-44)84-86(5,72)81-53-40(2)50(64-67-60)55(79-47(53)37-74-33-43-24-14-9-15-25-43)76-31-21-7-6-20-30-62-58(70)77-35-45-28-18-11-19-29-45/h8-19,22-29,39-41,46-57,69H,6-7,20-21,30-38H2,1-5H3,(H,62,70)/t39-,40-,41-,46?,47?,48?,49?,50?,51?,52+,53+,54+,55+,56-,57-,85?,86?/m1/s1. The molecule has 3 aliphatic heterocycles. The highest BCUT2D eigenvalue weighted by molar-refractivity contribution is 7.53. The summed E-state index contributed by atoms with van der Waals surface area (Å²) in [7, 11) is -8.68. The van der Waals surface area contributed by atoms with E-state index in [0.29, 0.717) is 19.4 Å². The zero-order valence-corrected chi connectivity index (χ0v) is 50.7. The van der Waals surface area contributed by atoms with Crippen LogP contribution >= 0.6 is 15.2 Å². The Morgan fingerprint density at radius 1 is 0.523 bits per heavy atom. The summed E-state index contributed by atoms with van der Waals surface area (Å²) in [4.78, 5) is 21.3. The van der Waals surface area contributed by atoms with Crippen molar-refractivity contribution in [2.45, 2.75) is 147 Å². The van der Waals surface area contributed by atoms with Crippen molar-refractivity contribution >= 4 is 21.3 Å². The van der Waals surface area contributed by atoms with Gasteiger partial charge in [0.25, 0.3) is 0 Å². The molecule has 2 N–H and O–H groups in total. The molecule has 3 saturated heterocycles. The molecule has 3 fully saturated rings. The average molecular weight is 1230 g/mol. The lowest BCUT2D eigenvalue weighted by Gasteiger charge is -2.46. The van der Waals surface area contributed by atoms with Gasteiger partial charge in [0.15, 0.2) is 18.9 Å². The molecule has 28 heteroatoms. The highest BCUT2D eigenvalue weighted by Gasteiger charge is 2.52. The maximum atomic E-state index is 15.0. The Hall–Kier alpha value is -5.94. The first-order chi connectivity index (χ1) is 41.6. The second-order valence-corrected chi connectivity index (χ2v) is 25.4. The van der Waals surface area contributed by atoms with E-state index in [1.54, 1.807) is 20.8 Å². The van der Waals surface area contributed by atoms with Gasteiger partial charge in [0.1, 0.15) is 24.9 Å². The Bertz CT molecular complexity index is 2940. The van der Waals surface area contributed by atoms with Gasteiger partial charge in [-0.2, -0.15) is 0 Å². The zero-order valence-electron chi connectivity index (χ0n) is 48.9. The molecule has 7 rings (SSSR count). The van der Waals surface area contributed by atoms with Crippen LogP contribution in [0, 0.1) is 17.8 Å². The van der Waals surface area contributed by atoms with Crippen molar-refractivity contribution in [2.75, 3.05) is 46.3 Å². The Balaban J connectivity index is 1.03. The van der Waals surface area contributed by atoms with Crippen molar-refractivity contribution in [3.8, 4) is 0 Å². The average Bonchev–Trinajstić information content (AvgIpc) is 1.51. The Morgan fingerprint density at radius 2 is 0.895 bits per heavy atom. The Kier molecular flexibility index (Phi) is 27.2. The molecule has 4 aromatic rings. The van der Waals surface area contributed by atoms with E-state index in [2.05, 4.69) is 35.4 Å². The molecule has 4 aromatic carbocycles. The first kappa shape index (κ1) is 67.6. The lowest BCUT2D eigenvalue weighted by atomic mass is 9.89. The van der Waals surface area contributed by atoms with Crippen molar-refractivity contribution in [3.05, 3.63) is 175 Å². The first-order valence-electron chi connectivity index (χ1n) is 28.7. The van der Waals surface area contributed by atoms with Crippen LogP contribution in [0.25, 0.3) is 31.3 Å². The molecule has 0 aliphatic carbocycles. The van der Waals surface area contributed by atoms with Gasteiger partial charge in [0, 0.05) is 41.2 Å². The number of ether oxygens (including phenoxy) is 8. The molecule has 3 heterocycles. The predicted molar refractivity (Wildman–Crippen MR) is 315 cm³/mol. The number of nitrogens with one attached hydrogen (secondary N) is 1. The number of amides is 1. The normalized spacial score (nSPS) is 28.7. The molecule has 0 radical (unpaired) electrons. The van der Waals surface area contributed by atoms with Gasteiger partial charge in [-0.15, -0.1) is 0 Å². The third-order valence-electron chi connectivity index (χ3n) is 14.9. The first-order valence-corrected chi connectivity index (χ1v) is 32.6. The number of aliphatic hydroxyl groups excluding tert-OH is 1. The molecule has 1 amide bonds. The van der Waals surface area contributed by atoms with Crippen molar-refractivity contribution in [2.24, 2.45) is 33.1 Å². The highest BCUT2D eigenvalue weighted by Crippen LogP contribution is 2.55. The fourth-order valence-electron chi connectivity index (χ4n) is 10.3. The van der Waals surface area contributed by atoms with E-state index in [4.69, 9.17) is 56.0 Å². The number of hydrogen-bond acceptors (Lipinski definition) is 19. The number of unbranched alkanes of at least 4 members (excludes halogenated alkanes) is 3. The van der Waals surface area contributed by atoms with Crippen LogP contribution in [0.3, 0.4) is 0 Å². The molecular formula is C58H78N10O16P2. The summed E-state index contributed by atoms with van der Waals surface area (Å²) in [5.41, 5.74) is 32.9. The van der Waals surface area contributed by atoms with Gasteiger partial charge in [0.2, 0.25) is 0 Å². The number of rotatable bonds is 33. The van der Waals surface area contributed by atoms with Gasteiger partial charge in [-0.3, -0.25) is 18.2 Å². The van der Waals surface area contributed by atoms with Crippen LogP contribution in [0.4, 0.5) is 4.79 Å². The summed E-state index contributed by atoms with van der Waals surface area (Å²) in [6.45, 7) is 8.39. The van der Waals surface area contributed by atoms with Gasteiger partial charge in [-0.25, -0.2) is 4.79 Å². The number of benzene rings is 4. The smallest absolute Gasteiger partial charge is 0.407 e. The molecule has 466 valence electrons. The van der Waals surface area contributed by atoms with Gasteiger partial charge < -0.3 is 57.4 Å². The fraction of sp³-hybridized carbons (Fsp3) is 0.569. The maximum absolute atomic E-state index is 15.0. The van der Waals surface area contributed by atoms with Crippen LogP contribution in [0.15, 0.2) is 137 Å². The van der Waals surface area contributed by atoms with E-state index >= 15 is 4.57 Å². The minimum Gasteiger partial charge on any atom is -0.445 e. The summed E-state index contributed by atoms with van der Waals surface area (Å²) in [6, 6.07) is 34.0. The number of aliphatic hydroxyl groups is 1. The molecule has 86 heavy (non-hydrogen) atoms. The Morgan fingerprint density at radius 3 is 1.34 bits per heavy atom. The van der Waals surface area contributed by atoms with E-state index in [1.165, 1.54) is 13.3 Å². The molecule has 17 atom stereocenters. The van der Waals surface area contributed by atoms with E-state index in [1.807, 2.05) is 121 Å². The molecule has 0 aromatic heterocycles. The van der Waals surface area contributed by atoms with E-state index in [0.717, 1.165) is 35.1 Å².